The average molecular weight is 324 g/mol. The molecule has 0 saturated heterocycles. The highest BCUT2D eigenvalue weighted by molar-refractivity contribution is 9.10. The molecule has 3 rings (SSSR count). The Morgan fingerprint density at radius 2 is 1.84 bits per heavy atom. The molecule has 0 unspecified atom stereocenters. The molecule has 1 aromatic rings. The van der Waals surface area contributed by atoms with Crippen LogP contribution in [0.15, 0.2) is 22.9 Å². The topological polar surface area (TPSA) is 22.1 Å². The van der Waals surface area contributed by atoms with Gasteiger partial charge in [0.15, 0.2) is 0 Å². The molecule has 0 bridgehead atoms. The fourth-order valence-corrected chi connectivity index (χ4v) is 4.10. The van der Waals surface area contributed by atoms with Gasteiger partial charge in [-0.3, -0.25) is 4.98 Å². The van der Waals surface area contributed by atoms with Crippen LogP contribution in [0.2, 0.25) is 0 Å². The maximum Gasteiger partial charge on any atom is 0.136 e. The predicted octanol–water partition coefficient (Wildman–Crippen LogP) is 5.12. The molecule has 104 valence electrons. The lowest BCUT2D eigenvalue weighted by Gasteiger charge is -2.42. The van der Waals surface area contributed by atoms with Crippen molar-refractivity contribution >= 4 is 15.9 Å². The van der Waals surface area contributed by atoms with Gasteiger partial charge in [-0.05, 0) is 65.9 Å². The molecule has 0 N–H and O–H groups in total. The molecule has 1 heterocycles. The van der Waals surface area contributed by atoms with Gasteiger partial charge in [-0.1, -0.05) is 19.3 Å². The van der Waals surface area contributed by atoms with E-state index in [4.69, 9.17) is 4.74 Å². The first kappa shape index (κ1) is 13.4. The molecule has 19 heavy (non-hydrogen) atoms. The van der Waals surface area contributed by atoms with Crippen LogP contribution < -0.4 is 4.74 Å². The van der Waals surface area contributed by atoms with Crippen molar-refractivity contribution in [2.45, 2.75) is 63.9 Å². The van der Waals surface area contributed by atoms with Crippen molar-refractivity contribution in [1.29, 1.82) is 0 Å². The molecule has 0 amide bonds. The Labute approximate surface area is 124 Å². The molecule has 1 spiro atoms. The summed E-state index contributed by atoms with van der Waals surface area (Å²) in [5, 5.41) is 0. The molecule has 0 aromatic carbocycles. The number of nitrogens with zero attached hydrogens (tertiary/aromatic N) is 1. The minimum absolute atomic E-state index is 0.395. The second kappa shape index (κ2) is 5.82. The number of rotatable bonds is 2. The third-order valence-electron chi connectivity index (χ3n) is 4.94. The lowest BCUT2D eigenvalue weighted by Crippen LogP contribution is -2.33. The molecular weight excluding hydrogens is 302 g/mol. The largest absolute Gasteiger partial charge is 0.489 e. The fourth-order valence-electron chi connectivity index (χ4n) is 3.76. The van der Waals surface area contributed by atoms with Gasteiger partial charge in [0, 0.05) is 12.4 Å². The van der Waals surface area contributed by atoms with Crippen LogP contribution in [0.25, 0.3) is 0 Å². The molecular formula is C16H22BrNO. The first-order valence-corrected chi connectivity index (χ1v) is 8.33. The van der Waals surface area contributed by atoms with E-state index in [0.29, 0.717) is 11.5 Å². The van der Waals surface area contributed by atoms with Crippen molar-refractivity contribution < 1.29 is 4.74 Å². The van der Waals surface area contributed by atoms with Gasteiger partial charge in [-0.15, -0.1) is 0 Å². The molecule has 2 nitrogen and oxygen atoms in total. The molecule has 2 fully saturated rings. The second-order valence-corrected chi connectivity index (χ2v) is 7.04. The molecule has 0 atom stereocenters. The van der Waals surface area contributed by atoms with E-state index in [1.54, 1.807) is 12.4 Å². The molecule has 2 aliphatic rings. The van der Waals surface area contributed by atoms with Gasteiger partial charge in [0.25, 0.3) is 0 Å². The lowest BCUT2D eigenvalue weighted by atomic mass is 9.65. The summed E-state index contributed by atoms with van der Waals surface area (Å²) in [7, 11) is 0. The van der Waals surface area contributed by atoms with Crippen LogP contribution in [-0.4, -0.2) is 11.1 Å². The zero-order valence-electron chi connectivity index (χ0n) is 11.4. The van der Waals surface area contributed by atoms with Crippen LogP contribution in [-0.2, 0) is 0 Å². The highest BCUT2D eigenvalue weighted by Gasteiger charge is 2.36. The minimum Gasteiger partial charge on any atom is -0.489 e. The number of pyridine rings is 1. The number of hydrogen-bond acceptors (Lipinski definition) is 2. The zero-order chi connectivity index (χ0) is 13.1. The average Bonchev–Trinajstić information content (AvgIpc) is 2.45. The van der Waals surface area contributed by atoms with E-state index < -0.39 is 0 Å². The normalized spacial score (nSPS) is 23.4. The standard InChI is InChI=1S/C16H22BrNO/c17-14-12-18-11-6-15(14)19-13-4-9-16(10-5-13)7-2-1-3-8-16/h6,11-13H,1-5,7-10H2. The molecule has 0 radical (unpaired) electrons. The summed E-state index contributed by atoms with van der Waals surface area (Å²) in [5.41, 5.74) is 0.674. The van der Waals surface area contributed by atoms with Crippen molar-refractivity contribution in [1.82, 2.24) is 4.98 Å². The van der Waals surface area contributed by atoms with E-state index in [2.05, 4.69) is 20.9 Å². The number of halogens is 1. The maximum atomic E-state index is 6.13. The molecule has 0 aliphatic heterocycles. The smallest absolute Gasteiger partial charge is 0.136 e. The summed E-state index contributed by atoms with van der Waals surface area (Å²) >= 11 is 3.51. The van der Waals surface area contributed by atoms with Crippen molar-refractivity contribution in [3.05, 3.63) is 22.9 Å². The molecule has 1 aromatic heterocycles. The van der Waals surface area contributed by atoms with Crippen LogP contribution in [0.1, 0.15) is 57.8 Å². The Bertz CT molecular complexity index is 419. The number of aromatic nitrogens is 1. The van der Waals surface area contributed by atoms with Gasteiger partial charge < -0.3 is 4.74 Å². The van der Waals surface area contributed by atoms with Crippen LogP contribution >= 0.6 is 15.9 Å². The molecule has 2 saturated carbocycles. The van der Waals surface area contributed by atoms with Gasteiger partial charge in [0.2, 0.25) is 0 Å². The van der Waals surface area contributed by atoms with Crippen molar-refractivity contribution in [3.8, 4) is 5.75 Å². The van der Waals surface area contributed by atoms with Gasteiger partial charge >= 0.3 is 0 Å². The fraction of sp³-hybridized carbons (Fsp3) is 0.688. The zero-order valence-corrected chi connectivity index (χ0v) is 13.0. The van der Waals surface area contributed by atoms with Crippen LogP contribution in [0.3, 0.4) is 0 Å². The van der Waals surface area contributed by atoms with E-state index in [-0.39, 0.29) is 0 Å². The highest BCUT2D eigenvalue weighted by atomic mass is 79.9. The van der Waals surface area contributed by atoms with E-state index >= 15 is 0 Å². The Morgan fingerprint density at radius 1 is 1.11 bits per heavy atom. The van der Waals surface area contributed by atoms with Crippen molar-refractivity contribution in [3.63, 3.8) is 0 Å². The van der Waals surface area contributed by atoms with Crippen molar-refractivity contribution in [2.75, 3.05) is 0 Å². The van der Waals surface area contributed by atoms with E-state index in [9.17, 15) is 0 Å². The molecule has 3 heteroatoms. The highest BCUT2D eigenvalue weighted by Crippen LogP contribution is 2.48. The van der Waals surface area contributed by atoms with E-state index in [1.807, 2.05) is 6.07 Å². The van der Waals surface area contributed by atoms with Crippen LogP contribution in [0.5, 0.6) is 5.75 Å². The third kappa shape index (κ3) is 3.13. The Kier molecular flexibility index (Phi) is 4.11. The third-order valence-corrected chi connectivity index (χ3v) is 5.53. The van der Waals surface area contributed by atoms with Gasteiger partial charge in [0.05, 0.1) is 10.6 Å². The first-order valence-electron chi connectivity index (χ1n) is 7.54. The summed E-state index contributed by atoms with van der Waals surface area (Å²) in [6, 6.07) is 1.95. The van der Waals surface area contributed by atoms with Gasteiger partial charge in [-0.25, -0.2) is 0 Å². The van der Waals surface area contributed by atoms with Crippen LogP contribution in [0, 0.1) is 5.41 Å². The SMILES string of the molecule is Brc1cnccc1OC1CCC2(CCCCC2)CC1. The Balaban J connectivity index is 1.57. The second-order valence-electron chi connectivity index (χ2n) is 6.18. The maximum absolute atomic E-state index is 6.13. The van der Waals surface area contributed by atoms with Gasteiger partial charge in [0.1, 0.15) is 5.75 Å². The lowest BCUT2D eigenvalue weighted by molar-refractivity contribution is 0.0519. The summed E-state index contributed by atoms with van der Waals surface area (Å²) in [4.78, 5) is 4.08. The quantitative estimate of drug-likeness (QED) is 0.753. The summed E-state index contributed by atoms with van der Waals surface area (Å²) in [6.45, 7) is 0. The van der Waals surface area contributed by atoms with Gasteiger partial charge in [-0.2, -0.15) is 0 Å². The Morgan fingerprint density at radius 3 is 2.53 bits per heavy atom. The summed E-state index contributed by atoms with van der Waals surface area (Å²) in [6.07, 6.45) is 16.4. The Hall–Kier alpha value is -0.570. The number of hydrogen-bond donors (Lipinski definition) is 0. The predicted molar refractivity (Wildman–Crippen MR) is 80.3 cm³/mol. The van der Waals surface area contributed by atoms with Crippen molar-refractivity contribution in [2.24, 2.45) is 5.41 Å². The summed E-state index contributed by atoms with van der Waals surface area (Å²) < 4.78 is 7.10. The first-order chi connectivity index (χ1) is 9.27. The van der Waals surface area contributed by atoms with E-state index in [1.165, 1.54) is 57.8 Å². The summed E-state index contributed by atoms with van der Waals surface area (Å²) in [5.74, 6) is 0.944. The minimum atomic E-state index is 0.395. The molecule has 2 aliphatic carbocycles. The monoisotopic (exact) mass is 323 g/mol. The number of ether oxygens (including phenoxy) is 1. The van der Waals surface area contributed by atoms with Crippen LogP contribution in [0.4, 0.5) is 0 Å². The van der Waals surface area contributed by atoms with E-state index in [0.717, 1.165) is 10.2 Å².